The Kier molecular flexibility index (Phi) is 18.5. The number of amides is 6. The zero-order valence-corrected chi connectivity index (χ0v) is 45.6. The van der Waals surface area contributed by atoms with E-state index in [1.807, 2.05) is 6.92 Å². The molecule has 4 unspecified atom stereocenters. The number of methoxy groups -OCH3 is 1. The maximum Gasteiger partial charge on any atom is 0.409 e. The molecule has 4 bridgehead atoms. The number of carbonyl (C=O) groups is 7. The van der Waals surface area contributed by atoms with Gasteiger partial charge in [0.2, 0.25) is 11.8 Å². The number of benzene rings is 3. The molecular weight excluding hydrogens is 1070 g/mol. The van der Waals surface area contributed by atoms with Gasteiger partial charge in [-0.3, -0.25) is 38.7 Å². The number of nitrogens with one attached hydrogen (secondary N) is 3. The van der Waals surface area contributed by atoms with Gasteiger partial charge in [0.15, 0.2) is 12.3 Å². The van der Waals surface area contributed by atoms with Crippen LogP contribution in [0.25, 0.3) is 0 Å². The summed E-state index contributed by atoms with van der Waals surface area (Å²) in [5, 5.41) is 31.7. The third-order valence-corrected chi connectivity index (χ3v) is 15.2. The quantitative estimate of drug-likeness (QED) is 0.0211. The number of anilines is 2. The SMILES string of the molecule is COc1cc2cc(c1Cl)N(C)C(=O)C[C@H](OC(=O)COc1ccc(/C(C)=N/NC(=O)c3ccc(NC(=O)CCCCCN4C(=O)C=CC4=O)cc3S(=O)(=O)O)cc1)C1(C)OC1C(C)C1C[C@@](O)(NC(=O)O1)[C@H](O)/C=C/C=C(\C)C2. The topological polar surface area (TPSA) is 319 Å². The van der Waals surface area contributed by atoms with E-state index in [0.717, 1.165) is 28.2 Å². The zero-order chi connectivity index (χ0) is 57.6. The fourth-order valence-electron chi connectivity index (χ4n) is 9.34. The molecule has 2 saturated heterocycles. The summed E-state index contributed by atoms with van der Waals surface area (Å²) in [7, 11) is -2.03. The van der Waals surface area contributed by atoms with Crippen molar-refractivity contribution >= 4 is 80.4 Å². The summed E-state index contributed by atoms with van der Waals surface area (Å²) < 4.78 is 63.8. The second-order valence-electron chi connectivity index (χ2n) is 19.7. The summed E-state index contributed by atoms with van der Waals surface area (Å²) in [5.74, 6) is -3.83. The first kappa shape index (κ1) is 59.2. The molecule has 422 valence electrons. The number of halogens is 1. The van der Waals surface area contributed by atoms with Gasteiger partial charge in [0.05, 0.1) is 36.6 Å². The van der Waals surface area contributed by atoms with E-state index in [2.05, 4.69) is 21.2 Å². The fraction of sp³-hybridized carbons (Fsp3) is 0.407. The van der Waals surface area contributed by atoms with Gasteiger partial charge in [0.1, 0.15) is 45.3 Å². The van der Waals surface area contributed by atoms with Crippen LogP contribution < -0.4 is 30.4 Å². The molecule has 4 aliphatic heterocycles. The Bertz CT molecular complexity index is 3130. The summed E-state index contributed by atoms with van der Waals surface area (Å²) in [5.41, 5.74) is 0.894. The van der Waals surface area contributed by atoms with Crippen LogP contribution in [0.5, 0.6) is 11.5 Å². The standard InChI is InChI=1S/C54H61ClN6O17S/c1-30-11-10-12-42(62)54(70)28-40(76-52(69)57-54)31(2)50-53(4,78-50)43(27-47(66)60(5)38-24-33(23-30)25-39(74-6)49(38)55)77-48(67)29-75-36-17-14-34(15-18-36)32(3)58-59-51(68)37-19-16-35(26-41(37)79(71,72)73)56-44(63)13-8-7-9-22-61-45(64)20-21-46(61)65/h10-12,14-21,24-26,31,40,42-43,50,62,70H,7-9,13,22-23,27-29H2,1-6H3,(H,56,63)(H,57,69)(H,59,68)(H,71,72,73)/b12-10+,30-11+,58-32+/t31?,40?,42-,43+,50?,53?,54+/m1/s1. The molecular formula is C54H61ClN6O17S. The van der Waals surface area contributed by atoms with Gasteiger partial charge in [-0.2, -0.15) is 13.5 Å². The van der Waals surface area contributed by atoms with E-state index in [4.69, 9.17) is 35.3 Å². The first-order valence-corrected chi connectivity index (χ1v) is 26.9. The second-order valence-corrected chi connectivity index (χ2v) is 21.5. The maximum atomic E-state index is 14.2. The van der Waals surface area contributed by atoms with Crippen molar-refractivity contribution in [2.24, 2.45) is 11.0 Å². The average Bonchev–Trinajstić information content (AvgIpc) is 4.13. The lowest BCUT2D eigenvalue weighted by Crippen LogP contribution is -2.63. The number of hydrogen-bond donors (Lipinski definition) is 6. The van der Waals surface area contributed by atoms with E-state index in [0.29, 0.717) is 42.7 Å². The number of ether oxygens (including phenoxy) is 5. The number of nitrogens with zero attached hydrogens (tertiary/aromatic N) is 3. The maximum absolute atomic E-state index is 14.2. The minimum absolute atomic E-state index is 0.00946. The van der Waals surface area contributed by atoms with Gasteiger partial charge in [-0.15, -0.1) is 0 Å². The number of epoxide rings is 1. The van der Waals surface area contributed by atoms with Crippen LogP contribution in [-0.2, 0) is 54.7 Å². The first-order valence-electron chi connectivity index (χ1n) is 25.1. The number of hydrogen-bond acceptors (Lipinski definition) is 17. The molecule has 79 heavy (non-hydrogen) atoms. The first-order chi connectivity index (χ1) is 37.3. The zero-order valence-electron chi connectivity index (χ0n) is 44.0. The van der Waals surface area contributed by atoms with Crippen molar-refractivity contribution in [1.29, 1.82) is 0 Å². The number of hydrazone groups is 1. The van der Waals surface area contributed by atoms with Gasteiger partial charge < -0.3 is 44.1 Å². The molecule has 0 aliphatic carbocycles. The molecule has 7 atom stereocenters. The lowest BCUT2D eigenvalue weighted by Gasteiger charge is -2.41. The van der Waals surface area contributed by atoms with Crippen molar-refractivity contribution in [1.82, 2.24) is 15.6 Å². The van der Waals surface area contributed by atoms with E-state index in [1.165, 1.54) is 55.5 Å². The Balaban J connectivity index is 0.990. The Hall–Kier alpha value is -7.48. The van der Waals surface area contributed by atoms with Crippen LogP contribution >= 0.6 is 11.6 Å². The predicted octanol–water partition coefficient (Wildman–Crippen LogP) is 4.92. The van der Waals surface area contributed by atoms with E-state index in [9.17, 15) is 56.7 Å². The second kappa shape index (κ2) is 24.7. The van der Waals surface area contributed by atoms with Gasteiger partial charge in [0.25, 0.3) is 27.8 Å². The molecule has 7 rings (SSSR count). The van der Waals surface area contributed by atoms with Crippen LogP contribution in [0.1, 0.15) is 87.7 Å². The summed E-state index contributed by atoms with van der Waals surface area (Å²) in [6.07, 6.45) is 2.57. The molecule has 4 heterocycles. The summed E-state index contributed by atoms with van der Waals surface area (Å²) >= 11 is 6.77. The molecule has 2 fully saturated rings. The van der Waals surface area contributed by atoms with E-state index in [1.54, 1.807) is 57.2 Å². The average molecular weight is 1130 g/mol. The predicted molar refractivity (Wildman–Crippen MR) is 285 cm³/mol. The molecule has 0 saturated carbocycles. The fourth-order valence-corrected chi connectivity index (χ4v) is 10.4. The molecule has 6 amide bonds. The highest BCUT2D eigenvalue weighted by Gasteiger charge is 2.64. The van der Waals surface area contributed by atoms with Gasteiger partial charge >= 0.3 is 12.1 Å². The Morgan fingerprint density at radius 1 is 1.01 bits per heavy atom. The van der Waals surface area contributed by atoms with Gasteiger partial charge in [0, 0.05) is 50.2 Å². The number of carbonyl (C=O) groups excluding carboxylic acids is 7. The summed E-state index contributed by atoms with van der Waals surface area (Å²) in [6, 6.07) is 12.9. The number of fused-ring (bicyclic) bond motifs is 5. The third-order valence-electron chi connectivity index (χ3n) is 13.9. The van der Waals surface area contributed by atoms with Crippen LogP contribution in [-0.4, -0.2) is 138 Å². The number of unbranched alkanes of at least 4 members (excludes halogenated alkanes) is 2. The molecule has 4 aliphatic rings. The van der Waals surface area contributed by atoms with E-state index >= 15 is 0 Å². The van der Waals surface area contributed by atoms with Crippen LogP contribution in [0.15, 0.2) is 101 Å². The Labute approximate surface area is 460 Å². The number of rotatable bonds is 16. The van der Waals surface area contributed by atoms with Crippen molar-refractivity contribution in [2.75, 3.05) is 37.5 Å². The summed E-state index contributed by atoms with van der Waals surface area (Å²) in [6.45, 7) is 6.30. The monoisotopic (exact) mass is 1130 g/mol. The van der Waals surface area contributed by atoms with Crippen molar-refractivity contribution in [2.45, 2.75) is 113 Å². The van der Waals surface area contributed by atoms with E-state index < -0.39 is 117 Å². The van der Waals surface area contributed by atoms with Gasteiger partial charge in [-0.1, -0.05) is 48.7 Å². The highest BCUT2D eigenvalue weighted by molar-refractivity contribution is 7.86. The number of esters is 1. The van der Waals surface area contributed by atoms with Gasteiger partial charge in [-0.05, 0) is 106 Å². The van der Waals surface area contributed by atoms with Crippen molar-refractivity contribution in [3.8, 4) is 11.5 Å². The highest BCUT2D eigenvalue weighted by Crippen LogP contribution is 2.49. The van der Waals surface area contributed by atoms with E-state index in [-0.39, 0.29) is 41.6 Å². The number of aliphatic hydroxyl groups excluding tert-OH is 1. The molecule has 3 aromatic carbocycles. The third kappa shape index (κ3) is 14.4. The minimum Gasteiger partial charge on any atom is -0.495 e. The molecule has 0 spiro atoms. The van der Waals surface area contributed by atoms with Crippen LogP contribution in [0.3, 0.4) is 0 Å². The Morgan fingerprint density at radius 2 is 1.72 bits per heavy atom. The lowest BCUT2D eigenvalue weighted by atomic mass is 9.83. The lowest BCUT2D eigenvalue weighted by molar-refractivity contribution is -0.156. The number of aliphatic hydroxyl groups is 2. The molecule has 23 nitrogen and oxygen atoms in total. The van der Waals surface area contributed by atoms with Crippen LogP contribution in [0.2, 0.25) is 5.02 Å². The Morgan fingerprint density at radius 3 is 2.41 bits per heavy atom. The molecule has 3 aromatic rings. The van der Waals surface area contributed by atoms with Crippen molar-refractivity contribution in [3.63, 3.8) is 0 Å². The number of allylic oxidation sites excluding steroid dienone is 3. The van der Waals surface area contributed by atoms with Crippen molar-refractivity contribution < 1.29 is 80.4 Å². The molecule has 6 N–H and O–H groups in total. The molecule has 0 radical (unpaired) electrons. The number of imide groups is 1. The van der Waals surface area contributed by atoms with Gasteiger partial charge in [-0.25, -0.2) is 15.0 Å². The molecule has 25 heteroatoms. The van der Waals surface area contributed by atoms with Crippen LogP contribution in [0.4, 0.5) is 16.2 Å². The van der Waals surface area contributed by atoms with Crippen molar-refractivity contribution in [3.05, 3.63) is 112 Å². The minimum atomic E-state index is -4.98. The largest absolute Gasteiger partial charge is 0.495 e. The number of alkyl carbamates (subject to hydrolysis) is 1. The molecule has 0 aromatic heterocycles. The normalized spacial score (nSPS) is 25.5. The summed E-state index contributed by atoms with van der Waals surface area (Å²) in [4.78, 5) is 91.6. The van der Waals surface area contributed by atoms with Crippen LogP contribution in [0, 0.1) is 5.92 Å². The highest BCUT2D eigenvalue weighted by atomic mass is 35.5. The smallest absolute Gasteiger partial charge is 0.409 e.